The number of hydrogen-bond donors (Lipinski definition) is 0. The van der Waals surface area contributed by atoms with Gasteiger partial charge in [0.2, 0.25) is 0 Å². The minimum Gasteiger partial charge on any atom is -0.497 e. The summed E-state index contributed by atoms with van der Waals surface area (Å²) in [6, 6.07) is 15.7. The van der Waals surface area contributed by atoms with E-state index in [-0.39, 0.29) is 34.8 Å². The summed E-state index contributed by atoms with van der Waals surface area (Å²) in [6.07, 6.45) is -1.02. The Hall–Kier alpha value is -2.08. The molecule has 2 aromatic rings. The summed E-state index contributed by atoms with van der Waals surface area (Å²) in [5.74, 6) is 1.63. The third-order valence-corrected chi connectivity index (χ3v) is 13.9. The summed E-state index contributed by atoms with van der Waals surface area (Å²) in [5, 5.41) is 1.01. The molecule has 0 bridgehead atoms. The molecule has 8 nitrogen and oxygen atoms in total. The SMILES string of the molecule is COc1ccc(COC2C(CO[Si](C)(C)C(C)(C)C)OC3SC(N(C)C)=N[C@@H]3C2OCc2ccc(OC)cc2)cc1. The Morgan fingerprint density at radius 2 is 1.37 bits per heavy atom. The number of hydrogen-bond acceptors (Lipinski definition) is 9. The van der Waals surface area contributed by atoms with Crippen LogP contribution in [0.25, 0.3) is 0 Å². The number of ether oxygens (including phenoxy) is 5. The van der Waals surface area contributed by atoms with Gasteiger partial charge in [0, 0.05) is 14.1 Å². The van der Waals surface area contributed by atoms with Crippen LogP contribution in [0.1, 0.15) is 31.9 Å². The molecule has 0 radical (unpaired) electrons. The van der Waals surface area contributed by atoms with E-state index in [4.69, 9.17) is 33.1 Å². The molecule has 0 saturated carbocycles. The Balaban J connectivity index is 1.61. The first-order valence-electron chi connectivity index (χ1n) is 14.1. The Bertz CT molecular complexity index is 1150. The van der Waals surface area contributed by atoms with Gasteiger partial charge >= 0.3 is 0 Å². The van der Waals surface area contributed by atoms with E-state index in [9.17, 15) is 0 Å². The molecule has 10 heteroatoms. The average molecular weight is 603 g/mol. The second kappa shape index (κ2) is 13.5. The van der Waals surface area contributed by atoms with Gasteiger partial charge in [0.05, 0.1) is 34.0 Å². The van der Waals surface area contributed by atoms with E-state index in [1.54, 1.807) is 26.0 Å². The van der Waals surface area contributed by atoms with Crippen LogP contribution in [0.2, 0.25) is 18.1 Å². The summed E-state index contributed by atoms with van der Waals surface area (Å²) >= 11 is 1.64. The largest absolute Gasteiger partial charge is 0.497 e. The van der Waals surface area contributed by atoms with Gasteiger partial charge in [-0.1, -0.05) is 56.8 Å². The van der Waals surface area contributed by atoms with Gasteiger partial charge in [-0.15, -0.1) is 0 Å². The topological polar surface area (TPSA) is 71.0 Å². The lowest BCUT2D eigenvalue weighted by atomic mass is 9.97. The summed E-state index contributed by atoms with van der Waals surface area (Å²) in [7, 11) is 5.32. The second-order valence-corrected chi connectivity index (χ2v) is 18.2. The molecule has 4 unspecified atom stereocenters. The highest BCUT2D eigenvalue weighted by Crippen LogP contribution is 2.41. The van der Waals surface area contributed by atoms with Crippen molar-refractivity contribution in [3.8, 4) is 11.5 Å². The van der Waals surface area contributed by atoms with E-state index >= 15 is 0 Å². The van der Waals surface area contributed by atoms with Crippen LogP contribution in [0, 0.1) is 0 Å². The van der Waals surface area contributed by atoms with E-state index in [0.29, 0.717) is 19.8 Å². The second-order valence-electron chi connectivity index (χ2n) is 12.3. The molecule has 0 aliphatic carbocycles. The number of aliphatic imine (C=N–C) groups is 1. The third-order valence-electron chi connectivity index (χ3n) is 8.10. The molecule has 0 amide bonds. The van der Waals surface area contributed by atoms with Crippen molar-refractivity contribution in [2.24, 2.45) is 4.99 Å². The van der Waals surface area contributed by atoms with Crippen LogP contribution in [-0.4, -0.2) is 83.1 Å². The Morgan fingerprint density at radius 3 is 1.83 bits per heavy atom. The number of rotatable bonds is 11. The lowest BCUT2D eigenvalue weighted by molar-refractivity contribution is -0.204. The van der Waals surface area contributed by atoms with E-state index in [0.717, 1.165) is 27.8 Å². The van der Waals surface area contributed by atoms with Crippen molar-refractivity contribution in [3.63, 3.8) is 0 Å². The predicted molar refractivity (Wildman–Crippen MR) is 167 cm³/mol. The van der Waals surface area contributed by atoms with Gasteiger partial charge in [-0.3, -0.25) is 4.99 Å². The van der Waals surface area contributed by atoms with Crippen molar-refractivity contribution in [3.05, 3.63) is 59.7 Å². The van der Waals surface area contributed by atoms with Crippen LogP contribution in [0.3, 0.4) is 0 Å². The smallest absolute Gasteiger partial charge is 0.192 e. The molecule has 4 rings (SSSR count). The summed E-state index contributed by atoms with van der Waals surface area (Å²) in [4.78, 5) is 7.08. The summed E-state index contributed by atoms with van der Waals surface area (Å²) in [5.41, 5.74) is 1.92. The normalized spacial score (nSPS) is 24.5. The standard InChI is InChI=1S/C31H46N2O6SSi/c1-31(2,3)41(8,9)38-20-25-27(36-18-21-10-14-23(34-6)15-11-21)28(26-29(39-25)40-30(32-26)33(4)5)37-19-22-12-16-24(35-7)17-13-22/h10-17,25-29H,18-20H2,1-9H3/t25?,26-,27?,28?,29?/m1/s1. The van der Waals surface area contributed by atoms with Gasteiger partial charge in [0.1, 0.15) is 41.3 Å². The molecule has 5 atom stereocenters. The van der Waals surface area contributed by atoms with Crippen LogP contribution >= 0.6 is 11.8 Å². The molecule has 226 valence electrons. The first-order valence-corrected chi connectivity index (χ1v) is 17.9. The fraction of sp³-hybridized carbons (Fsp3) is 0.581. The molecule has 2 aromatic carbocycles. The number of methoxy groups -OCH3 is 2. The molecule has 1 saturated heterocycles. The van der Waals surface area contributed by atoms with E-state index in [1.165, 1.54) is 0 Å². The molecule has 2 aliphatic rings. The molecule has 0 aromatic heterocycles. The molecule has 2 aliphatic heterocycles. The van der Waals surface area contributed by atoms with Crippen molar-refractivity contribution < 1.29 is 28.1 Å². The van der Waals surface area contributed by atoms with Gasteiger partial charge in [0.15, 0.2) is 13.5 Å². The number of benzene rings is 2. The first-order chi connectivity index (χ1) is 19.4. The van der Waals surface area contributed by atoms with E-state index in [2.05, 4.69) is 33.9 Å². The maximum Gasteiger partial charge on any atom is 0.192 e. The maximum atomic E-state index is 6.73. The average Bonchev–Trinajstić information content (AvgIpc) is 3.38. The quantitative estimate of drug-likeness (QED) is 0.292. The Kier molecular flexibility index (Phi) is 10.5. The zero-order chi connectivity index (χ0) is 29.8. The van der Waals surface area contributed by atoms with Gasteiger partial charge in [0.25, 0.3) is 0 Å². The molecule has 41 heavy (non-hydrogen) atoms. The van der Waals surface area contributed by atoms with E-state index < -0.39 is 8.32 Å². The van der Waals surface area contributed by atoms with Crippen molar-refractivity contribution >= 4 is 25.2 Å². The summed E-state index contributed by atoms with van der Waals surface area (Å²) < 4.78 is 37.5. The van der Waals surface area contributed by atoms with Crippen molar-refractivity contribution in [1.82, 2.24) is 4.90 Å². The predicted octanol–water partition coefficient (Wildman–Crippen LogP) is 5.95. The molecule has 2 heterocycles. The number of fused-ring (bicyclic) bond motifs is 1. The van der Waals surface area contributed by atoms with Crippen LogP contribution in [-0.2, 0) is 31.9 Å². The van der Waals surface area contributed by atoms with Gasteiger partial charge in [-0.05, 0) is 53.5 Å². The van der Waals surface area contributed by atoms with Crippen molar-refractivity contribution in [2.45, 2.75) is 81.9 Å². The highest BCUT2D eigenvalue weighted by atomic mass is 32.2. The van der Waals surface area contributed by atoms with Gasteiger partial charge < -0.3 is 33.0 Å². The zero-order valence-electron chi connectivity index (χ0n) is 25.9. The minimum absolute atomic E-state index is 0.0806. The number of thioether (sulfide) groups is 1. The Morgan fingerprint density at radius 1 is 0.854 bits per heavy atom. The number of amidine groups is 1. The zero-order valence-corrected chi connectivity index (χ0v) is 27.7. The molecular formula is C31H46N2O6SSi. The lowest BCUT2D eigenvalue weighted by Gasteiger charge is -2.44. The van der Waals surface area contributed by atoms with Crippen LogP contribution in [0.4, 0.5) is 0 Å². The van der Waals surface area contributed by atoms with E-state index in [1.807, 2.05) is 67.5 Å². The molecule has 0 spiro atoms. The fourth-order valence-corrected chi connectivity index (χ4v) is 6.64. The monoisotopic (exact) mass is 602 g/mol. The lowest BCUT2D eigenvalue weighted by Crippen LogP contribution is -2.59. The van der Waals surface area contributed by atoms with Crippen LogP contribution in [0.5, 0.6) is 11.5 Å². The molecular weight excluding hydrogens is 557 g/mol. The Labute approximate surface area is 250 Å². The minimum atomic E-state index is -2.03. The third kappa shape index (κ3) is 7.85. The fourth-order valence-electron chi connectivity index (χ4n) is 4.47. The van der Waals surface area contributed by atoms with Crippen LogP contribution < -0.4 is 9.47 Å². The van der Waals surface area contributed by atoms with Crippen molar-refractivity contribution in [1.29, 1.82) is 0 Å². The summed E-state index contributed by atoms with van der Waals surface area (Å²) in [6.45, 7) is 12.5. The maximum absolute atomic E-state index is 6.73. The number of nitrogens with zero attached hydrogens (tertiary/aromatic N) is 2. The van der Waals surface area contributed by atoms with Crippen molar-refractivity contribution in [2.75, 3.05) is 34.9 Å². The van der Waals surface area contributed by atoms with Gasteiger partial charge in [-0.25, -0.2) is 0 Å². The first kappa shape index (κ1) is 31.8. The van der Waals surface area contributed by atoms with Crippen LogP contribution in [0.15, 0.2) is 53.5 Å². The van der Waals surface area contributed by atoms with Gasteiger partial charge in [-0.2, -0.15) is 0 Å². The highest BCUT2D eigenvalue weighted by Gasteiger charge is 2.52. The molecule has 1 fully saturated rings. The highest BCUT2D eigenvalue weighted by molar-refractivity contribution is 8.14. The molecule has 0 N–H and O–H groups in total.